The number of rotatable bonds is 6. The smallest absolute Gasteiger partial charge is 0.269 e. The minimum absolute atomic E-state index is 0.209. The Morgan fingerprint density at radius 3 is 2.39 bits per heavy atom. The maximum absolute atomic E-state index is 12.8. The molecule has 9 heteroatoms. The Hall–Kier alpha value is -3.17. The molecule has 162 valence electrons. The minimum atomic E-state index is -3.57. The summed E-state index contributed by atoms with van der Waals surface area (Å²) in [6.45, 7) is 4.40. The zero-order valence-electron chi connectivity index (χ0n) is 17.5. The molecule has 0 aliphatic heterocycles. The Morgan fingerprint density at radius 2 is 1.77 bits per heavy atom. The predicted molar refractivity (Wildman–Crippen MR) is 119 cm³/mol. The van der Waals surface area contributed by atoms with E-state index in [0.29, 0.717) is 30.9 Å². The van der Waals surface area contributed by atoms with Crippen molar-refractivity contribution in [2.24, 2.45) is 5.73 Å². The first-order valence-electron chi connectivity index (χ1n) is 10.2. The SMILES string of the molecule is CCN(CC)S(=O)(=O)c1ccc(-n2nc(C(N)=O)c3c2-c2cc(N)ccc2CC3)cc1. The Bertz CT molecular complexity index is 1260. The average Bonchev–Trinajstić information content (AvgIpc) is 3.15. The first-order valence-corrected chi connectivity index (χ1v) is 11.6. The van der Waals surface area contributed by atoms with Gasteiger partial charge in [0.25, 0.3) is 5.91 Å². The fourth-order valence-electron chi connectivity index (χ4n) is 4.11. The molecule has 0 bridgehead atoms. The second kappa shape index (κ2) is 7.82. The van der Waals surface area contributed by atoms with Crippen LogP contribution in [0.25, 0.3) is 16.9 Å². The summed E-state index contributed by atoms with van der Waals surface area (Å²) in [6, 6.07) is 12.2. The van der Waals surface area contributed by atoms with E-state index in [2.05, 4.69) is 5.10 Å². The molecule has 31 heavy (non-hydrogen) atoms. The lowest BCUT2D eigenvalue weighted by Gasteiger charge is -2.20. The molecule has 0 fully saturated rings. The highest BCUT2D eigenvalue weighted by Crippen LogP contribution is 2.38. The lowest BCUT2D eigenvalue weighted by atomic mass is 9.88. The van der Waals surface area contributed by atoms with Gasteiger partial charge in [0.15, 0.2) is 5.69 Å². The third-order valence-corrected chi connectivity index (χ3v) is 7.74. The number of aromatic nitrogens is 2. The van der Waals surface area contributed by atoms with Crippen molar-refractivity contribution in [3.05, 3.63) is 59.3 Å². The monoisotopic (exact) mass is 439 g/mol. The van der Waals surface area contributed by atoms with Gasteiger partial charge in [0.1, 0.15) is 0 Å². The van der Waals surface area contributed by atoms with Gasteiger partial charge in [0, 0.05) is 29.9 Å². The zero-order valence-corrected chi connectivity index (χ0v) is 18.3. The van der Waals surface area contributed by atoms with Gasteiger partial charge in [-0.3, -0.25) is 4.79 Å². The van der Waals surface area contributed by atoms with Crippen LogP contribution in [0, 0.1) is 0 Å². The number of nitrogens with zero attached hydrogens (tertiary/aromatic N) is 3. The predicted octanol–water partition coefficient (Wildman–Crippen LogP) is 2.35. The van der Waals surface area contributed by atoms with E-state index in [9.17, 15) is 13.2 Å². The van der Waals surface area contributed by atoms with Crippen LogP contribution in [0.1, 0.15) is 35.5 Å². The van der Waals surface area contributed by atoms with Gasteiger partial charge >= 0.3 is 0 Å². The van der Waals surface area contributed by atoms with E-state index in [1.165, 1.54) is 4.31 Å². The number of sulfonamides is 1. The van der Waals surface area contributed by atoms with E-state index in [-0.39, 0.29) is 10.6 Å². The number of anilines is 1. The van der Waals surface area contributed by atoms with Gasteiger partial charge in [-0.15, -0.1) is 0 Å². The third kappa shape index (κ3) is 3.49. The number of hydrogen-bond donors (Lipinski definition) is 2. The second-order valence-electron chi connectivity index (χ2n) is 7.45. The molecule has 0 saturated heterocycles. The first kappa shape index (κ1) is 21.1. The van der Waals surface area contributed by atoms with Crippen molar-refractivity contribution in [3.8, 4) is 16.9 Å². The largest absolute Gasteiger partial charge is 0.399 e. The van der Waals surface area contributed by atoms with Gasteiger partial charge in [-0.25, -0.2) is 13.1 Å². The minimum Gasteiger partial charge on any atom is -0.399 e. The molecular weight excluding hydrogens is 414 g/mol. The maximum Gasteiger partial charge on any atom is 0.269 e. The van der Waals surface area contributed by atoms with Crippen LogP contribution < -0.4 is 11.5 Å². The van der Waals surface area contributed by atoms with Crippen LogP contribution in [0.4, 0.5) is 5.69 Å². The molecule has 0 spiro atoms. The van der Waals surface area contributed by atoms with E-state index < -0.39 is 15.9 Å². The van der Waals surface area contributed by atoms with Crippen LogP contribution in [0.5, 0.6) is 0 Å². The van der Waals surface area contributed by atoms with Crippen molar-refractivity contribution in [2.45, 2.75) is 31.6 Å². The van der Waals surface area contributed by atoms with Gasteiger partial charge in [-0.05, 0) is 54.8 Å². The van der Waals surface area contributed by atoms with Gasteiger partial charge < -0.3 is 11.5 Å². The lowest BCUT2D eigenvalue weighted by molar-refractivity contribution is 0.0994. The summed E-state index contributed by atoms with van der Waals surface area (Å²) in [7, 11) is -3.57. The number of aryl methyl sites for hydroxylation is 1. The Balaban J connectivity index is 1.86. The molecule has 1 aliphatic carbocycles. The third-order valence-electron chi connectivity index (χ3n) is 5.67. The molecule has 0 unspecified atom stereocenters. The molecule has 4 N–H and O–H groups in total. The van der Waals surface area contributed by atoms with Crippen LogP contribution in [-0.4, -0.2) is 41.5 Å². The highest BCUT2D eigenvalue weighted by Gasteiger charge is 2.28. The van der Waals surface area contributed by atoms with E-state index in [1.807, 2.05) is 18.2 Å². The molecule has 1 amide bonds. The van der Waals surface area contributed by atoms with Crippen molar-refractivity contribution in [1.82, 2.24) is 14.1 Å². The summed E-state index contributed by atoms with van der Waals surface area (Å²) in [4.78, 5) is 12.3. The second-order valence-corrected chi connectivity index (χ2v) is 9.39. The number of hydrogen-bond acceptors (Lipinski definition) is 5. The van der Waals surface area contributed by atoms with Gasteiger partial charge in [-0.1, -0.05) is 19.9 Å². The molecule has 1 heterocycles. The normalized spacial score (nSPS) is 13.1. The number of nitrogens with two attached hydrogens (primary N) is 2. The summed E-state index contributed by atoms with van der Waals surface area (Å²) >= 11 is 0. The highest BCUT2D eigenvalue weighted by atomic mass is 32.2. The van der Waals surface area contributed by atoms with Gasteiger partial charge in [0.05, 0.1) is 16.3 Å². The molecule has 0 saturated carbocycles. The molecule has 0 radical (unpaired) electrons. The summed E-state index contributed by atoms with van der Waals surface area (Å²) < 4.78 is 28.7. The van der Waals surface area contributed by atoms with Crippen LogP contribution in [0.2, 0.25) is 0 Å². The average molecular weight is 440 g/mol. The summed E-state index contributed by atoms with van der Waals surface area (Å²) in [5.74, 6) is -0.594. The van der Waals surface area contributed by atoms with Crippen LogP contribution in [0.3, 0.4) is 0 Å². The molecule has 3 aromatic rings. The molecule has 1 aromatic heterocycles. The number of primary amides is 1. The summed E-state index contributed by atoms with van der Waals surface area (Å²) in [6.07, 6.45) is 1.40. The fraction of sp³-hybridized carbons (Fsp3) is 0.273. The van der Waals surface area contributed by atoms with E-state index in [0.717, 1.165) is 28.8 Å². The Labute approximate surface area is 181 Å². The Morgan fingerprint density at radius 1 is 1.10 bits per heavy atom. The van der Waals surface area contributed by atoms with Crippen molar-refractivity contribution in [3.63, 3.8) is 0 Å². The standard InChI is InChI=1S/C22H25N5O3S/c1-3-26(4-2)31(29,30)17-10-8-16(9-11-17)27-21-18(20(25-27)22(24)28)12-6-14-5-7-15(23)13-19(14)21/h5,7-11,13H,3-4,6,12,23H2,1-2H3,(H2,24,28). The number of nitrogen functional groups attached to an aromatic ring is 1. The van der Waals surface area contributed by atoms with Gasteiger partial charge in [-0.2, -0.15) is 9.40 Å². The number of benzene rings is 2. The number of carbonyl (C=O) groups excluding carboxylic acids is 1. The van der Waals surface area contributed by atoms with Crippen LogP contribution in [-0.2, 0) is 22.9 Å². The van der Waals surface area contributed by atoms with Crippen molar-refractivity contribution in [2.75, 3.05) is 18.8 Å². The van der Waals surface area contributed by atoms with E-state index in [1.54, 1.807) is 42.8 Å². The molecule has 8 nitrogen and oxygen atoms in total. The van der Waals surface area contributed by atoms with Crippen molar-refractivity contribution in [1.29, 1.82) is 0 Å². The fourth-order valence-corrected chi connectivity index (χ4v) is 5.57. The Kier molecular flexibility index (Phi) is 5.32. The van der Waals surface area contributed by atoms with Crippen molar-refractivity contribution < 1.29 is 13.2 Å². The maximum atomic E-state index is 12.8. The molecule has 4 rings (SSSR count). The molecule has 0 atom stereocenters. The topological polar surface area (TPSA) is 124 Å². The molecule has 2 aromatic carbocycles. The lowest BCUT2D eigenvalue weighted by Crippen LogP contribution is -2.30. The summed E-state index contributed by atoms with van der Waals surface area (Å²) in [5, 5.41) is 4.49. The van der Waals surface area contributed by atoms with E-state index in [4.69, 9.17) is 11.5 Å². The molecule has 1 aliphatic rings. The number of amides is 1. The number of carbonyl (C=O) groups is 1. The van der Waals surface area contributed by atoms with Crippen LogP contribution >= 0.6 is 0 Å². The van der Waals surface area contributed by atoms with Gasteiger partial charge in [0.2, 0.25) is 10.0 Å². The summed E-state index contributed by atoms with van der Waals surface area (Å²) in [5.41, 5.74) is 16.7. The zero-order chi connectivity index (χ0) is 22.3. The first-order chi connectivity index (χ1) is 14.8. The number of fused-ring (bicyclic) bond motifs is 3. The van der Waals surface area contributed by atoms with Crippen molar-refractivity contribution >= 4 is 21.6 Å². The quantitative estimate of drug-likeness (QED) is 0.571. The van der Waals surface area contributed by atoms with E-state index >= 15 is 0 Å². The van der Waals surface area contributed by atoms with Crippen LogP contribution in [0.15, 0.2) is 47.4 Å². The molecular formula is C22H25N5O3S. The highest BCUT2D eigenvalue weighted by molar-refractivity contribution is 7.89.